The van der Waals surface area contributed by atoms with Crippen LogP contribution < -0.4 is 10.3 Å². The molecule has 2 heterocycles. The zero-order valence-corrected chi connectivity index (χ0v) is 16.0. The minimum atomic E-state index is -0.823. The fraction of sp³-hybridized carbons (Fsp3) is 0.286. The van der Waals surface area contributed by atoms with Gasteiger partial charge in [0.05, 0.1) is 6.20 Å². The molecule has 0 bridgehead atoms. The molecule has 0 aliphatic rings. The van der Waals surface area contributed by atoms with Gasteiger partial charge in [-0.05, 0) is 38.5 Å². The van der Waals surface area contributed by atoms with E-state index >= 15 is 0 Å². The van der Waals surface area contributed by atoms with Crippen molar-refractivity contribution in [1.29, 1.82) is 0 Å². The van der Waals surface area contributed by atoms with E-state index in [1.165, 1.54) is 12.3 Å². The molecule has 0 radical (unpaired) electrons. The molecule has 0 N–H and O–H groups in total. The molecule has 3 aromatic rings. The van der Waals surface area contributed by atoms with Crippen molar-refractivity contribution in [1.82, 2.24) is 14.5 Å². The van der Waals surface area contributed by atoms with E-state index in [4.69, 9.17) is 4.74 Å². The quantitative estimate of drug-likeness (QED) is 0.612. The zero-order chi connectivity index (χ0) is 20.3. The molecule has 0 fully saturated rings. The first kappa shape index (κ1) is 19.7. The predicted molar refractivity (Wildman–Crippen MR) is 103 cm³/mol. The molecule has 2 aromatic heterocycles. The number of pyridine rings is 1. The highest BCUT2D eigenvalue weighted by molar-refractivity contribution is 5.66. The van der Waals surface area contributed by atoms with Gasteiger partial charge in [-0.25, -0.2) is 18.7 Å². The van der Waals surface area contributed by atoms with Crippen LogP contribution in [-0.4, -0.2) is 14.5 Å². The van der Waals surface area contributed by atoms with Crippen LogP contribution in [0.15, 0.2) is 41.5 Å². The third-order valence-corrected chi connectivity index (χ3v) is 4.28. The van der Waals surface area contributed by atoms with Crippen LogP contribution in [0.1, 0.15) is 31.2 Å². The predicted octanol–water partition coefficient (Wildman–Crippen LogP) is 4.79. The van der Waals surface area contributed by atoms with Crippen molar-refractivity contribution in [3.8, 4) is 22.8 Å². The lowest BCUT2D eigenvalue weighted by Crippen LogP contribution is -2.22. The lowest BCUT2D eigenvalue weighted by atomic mass is 10.1. The highest BCUT2D eigenvalue weighted by Crippen LogP contribution is 2.32. The van der Waals surface area contributed by atoms with Crippen LogP contribution in [0, 0.1) is 25.5 Å². The molecule has 0 spiro atoms. The van der Waals surface area contributed by atoms with Crippen molar-refractivity contribution >= 4 is 0 Å². The summed E-state index contributed by atoms with van der Waals surface area (Å²) in [4.78, 5) is 20.9. The van der Waals surface area contributed by atoms with Crippen LogP contribution in [0.3, 0.4) is 0 Å². The topological polar surface area (TPSA) is 57.0 Å². The van der Waals surface area contributed by atoms with E-state index in [1.54, 1.807) is 30.7 Å². The van der Waals surface area contributed by atoms with Gasteiger partial charge in [-0.1, -0.05) is 13.3 Å². The summed E-state index contributed by atoms with van der Waals surface area (Å²) < 4.78 is 34.5. The number of benzene rings is 1. The third-order valence-electron chi connectivity index (χ3n) is 4.28. The highest BCUT2D eigenvalue weighted by atomic mass is 19.1. The van der Waals surface area contributed by atoms with Gasteiger partial charge in [0, 0.05) is 29.9 Å². The van der Waals surface area contributed by atoms with Crippen molar-refractivity contribution in [2.45, 2.75) is 40.2 Å². The van der Waals surface area contributed by atoms with Gasteiger partial charge in [0.25, 0.3) is 5.56 Å². The average molecular weight is 385 g/mol. The number of unbranched alkanes of at least 4 members (excludes halogenated alkanes) is 1. The Hall–Kier alpha value is -3.09. The Kier molecular flexibility index (Phi) is 5.82. The Balaban J connectivity index is 2.08. The number of aryl methyl sites for hydroxylation is 3. The summed E-state index contributed by atoms with van der Waals surface area (Å²) in [5.41, 5.74) is 1.61. The standard InChI is InChI=1S/C21H21F2N3O2/c1-4-5-8-26-12-15(9-13(2)21(26)27)20-19(11-24-14(3)25-20)28-18-7-6-16(22)10-17(18)23/h6-7,9-12H,4-5,8H2,1-3H3. The van der Waals surface area contributed by atoms with Crippen LogP contribution in [0.2, 0.25) is 0 Å². The zero-order valence-electron chi connectivity index (χ0n) is 16.0. The molecule has 0 amide bonds. The van der Waals surface area contributed by atoms with Crippen molar-refractivity contribution in [3.63, 3.8) is 0 Å². The third kappa shape index (κ3) is 4.24. The van der Waals surface area contributed by atoms with Crippen molar-refractivity contribution in [2.75, 3.05) is 0 Å². The maximum absolute atomic E-state index is 14.0. The Bertz CT molecular complexity index is 1060. The summed E-state index contributed by atoms with van der Waals surface area (Å²) in [6.07, 6.45) is 4.99. The van der Waals surface area contributed by atoms with E-state index in [-0.39, 0.29) is 17.1 Å². The molecule has 0 atom stereocenters. The Morgan fingerprint density at radius 3 is 2.64 bits per heavy atom. The second-order valence-electron chi connectivity index (χ2n) is 6.57. The number of hydrogen-bond donors (Lipinski definition) is 0. The van der Waals surface area contributed by atoms with Gasteiger partial charge >= 0.3 is 0 Å². The van der Waals surface area contributed by atoms with Gasteiger partial charge < -0.3 is 9.30 Å². The minimum absolute atomic E-state index is 0.0602. The fourth-order valence-electron chi connectivity index (χ4n) is 2.83. The Morgan fingerprint density at radius 1 is 1.14 bits per heavy atom. The molecule has 1 aromatic carbocycles. The molecule has 28 heavy (non-hydrogen) atoms. The molecule has 0 unspecified atom stereocenters. The summed E-state index contributed by atoms with van der Waals surface area (Å²) in [5, 5.41) is 0. The van der Waals surface area contributed by atoms with Gasteiger partial charge in [0.1, 0.15) is 17.3 Å². The molecule has 0 saturated heterocycles. The summed E-state index contributed by atoms with van der Waals surface area (Å²) >= 11 is 0. The van der Waals surface area contributed by atoms with Crippen LogP contribution >= 0.6 is 0 Å². The summed E-state index contributed by atoms with van der Waals surface area (Å²) in [6, 6.07) is 4.80. The molecule has 0 aliphatic heterocycles. The van der Waals surface area contributed by atoms with Gasteiger partial charge in [0.15, 0.2) is 17.3 Å². The van der Waals surface area contributed by atoms with Gasteiger partial charge in [-0.15, -0.1) is 0 Å². The van der Waals surface area contributed by atoms with Gasteiger partial charge in [-0.2, -0.15) is 0 Å². The summed E-state index contributed by atoms with van der Waals surface area (Å²) in [6.45, 7) is 6.11. The normalized spacial score (nSPS) is 10.9. The largest absolute Gasteiger partial charge is 0.450 e. The molecular weight excluding hydrogens is 364 g/mol. The monoisotopic (exact) mass is 385 g/mol. The first-order valence-corrected chi connectivity index (χ1v) is 9.07. The molecule has 0 saturated carbocycles. The average Bonchev–Trinajstić information content (AvgIpc) is 2.66. The highest BCUT2D eigenvalue weighted by Gasteiger charge is 2.15. The van der Waals surface area contributed by atoms with Crippen molar-refractivity contribution in [3.05, 3.63) is 70.0 Å². The van der Waals surface area contributed by atoms with E-state index in [1.807, 2.05) is 0 Å². The van der Waals surface area contributed by atoms with Crippen molar-refractivity contribution < 1.29 is 13.5 Å². The van der Waals surface area contributed by atoms with E-state index in [0.29, 0.717) is 29.2 Å². The van der Waals surface area contributed by atoms with E-state index in [0.717, 1.165) is 25.0 Å². The SMILES string of the molecule is CCCCn1cc(-c2nc(C)ncc2Oc2ccc(F)cc2F)cc(C)c1=O. The lowest BCUT2D eigenvalue weighted by Gasteiger charge is -2.14. The van der Waals surface area contributed by atoms with E-state index in [9.17, 15) is 13.6 Å². The van der Waals surface area contributed by atoms with E-state index < -0.39 is 11.6 Å². The number of aromatic nitrogens is 3. The number of halogens is 2. The fourth-order valence-corrected chi connectivity index (χ4v) is 2.83. The number of nitrogens with zero attached hydrogens (tertiary/aromatic N) is 3. The molecule has 5 nitrogen and oxygen atoms in total. The van der Waals surface area contributed by atoms with Gasteiger partial charge in [-0.3, -0.25) is 4.79 Å². The molecule has 146 valence electrons. The number of hydrogen-bond acceptors (Lipinski definition) is 4. The van der Waals surface area contributed by atoms with Crippen molar-refractivity contribution in [2.24, 2.45) is 0 Å². The second kappa shape index (κ2) is 8.29. The number of rotatable bonds is 6. The molecule has 0 aliphatic carbocycles. The van der Waals surface area contributed by atoms with Crippen LogP contribution in [-0.2, 0) is 6.54 Å². The van der Waals surface area contributed by atoms with Crippen LogP contribution in [0.25, 0.3) is 11.3 Å². The maximum atomic E-state index is 14.0. The lowest BCUT2D eigenvalue weighted by molar-refractivity contribution is 0.435. The minimum Gasteiger partial charge on any atom is -0.450 e. The smallest absolute Gasteiger partial charge is 0.253 e. The van der Waals surface area contributed by atoms with Gasteiger partial charge in [0.2, 0.25) is 0 Å². The van der Waals surface area contributed by atoms with Crippen LogP contribution in [0.4, 0.5) is 8.78 Å². The summed E-state index contributed by atoms with van der Waals surface area (Å²) in [5.74, 6) is -0.923. The molecule has 7 heteroatoms. The molecule has 3 rings (SSSR count). The first-order chi connectivity index (χ1) is 13.4. The maximum Gasteiger partial charge on any atom is 0.253 e. The Labute approximate surface area is 161 Å². The molecular formula is C21H21F2N3O2. The Morgan fingerprint density at radius 2 is 1.93 bits per heavy atom. The second-order valence-corrected chi connectivity index (χ2v) is 6.57. The first-order valence-electron chi connectivity index (χ1n) is 9.07. The van der Waals surface area contributed by atoms with Crippen LogP contribution in [0.5, 0.6) is 11.5 Å². The number of ether oxygens (including phenoxy) is 1. The van der Waals surface area contributed by atoms with E-state index in [2.05, 4.69) is 16.9 Å². The summed E-state index contributed by atoms with van der Waals surface area (Å²) in [7, 11) is 0.